The van der Waals surface area contributed by atoms with Gasteiger partial charge in [-0.2, -0.15) is 0 Å². The molecule has 1 amide bonds. The maximum atomic E-state index is 13.2. The van der Waals surface area contributed by atoms with E-state index in [1.165, 1.54) is 4.90 Å². The van der Waals surface area contributed by atoms with Gasteiger partial charge in [0.15, 0.2) is 0 Å². The fourth-order valence-corrected chi connectivity index (χ4v) is 4.03. The summed E-state index contributed by atoms with van der Waals surface area (Å²) >= 11 is 0. The molecule has 1 fully saturated rings. The zero-order valence-electron chi connectivity index (χ0n) is 19.2. The van der Waals surface area contributed by atoms with Crippen LogP contribution in [0.15, 0.2) is 84.4 Å². The molecule has 168 valence electrons. The molecule has 3 aromatic carbocycles. The monoisotopic (exact) mass is 441 g/mol. The number of rotatable bonds is 5. The summed E-state index contributed by atoms with van der Waals surface area (Å²) in [6.45, 7) is 0. The van der Waals surface area contributed by atoms with Gasteiger partial charge in [-0.05, 0) is 42.0 Å². The Balaban J connectivity index is 1.89. The molecule has 0 aliphatic carbocycles. The van der Waals surface area contributed by atoms with Crippen molar-refractivity contribution in [2.45, 2.75) is 6.04 Å². The van der Waals surface area contributed by atoms with E-state index in [1.807, 2.05) is 92.6 Å². The van der Waals surface area contributed by atoms with Gasteiger partial charge in [0.1, 0.15) is 5.76 Å². The Morgan fingerprint density at radius 1 is 0.758 bits per heavy atom. The van der Waals surface area contributed by atoms with E-state index in [0.29, 0.717) is 11.3 Å². The largest absolute Gasteiger partial charge is 0.507 e. The van der Waals surface area contributed by atoms with E-state index >= 15 is 0 Å². The van der Waals surface area contributed by atoms with Crippen LogP contribution in [0.1, 0.15) is 17.2 Å². The third-order valence-electron chi connectivity index (χ3n) is 5.86. The average Bonchev–Trinajstić information content (AvgIpc) is 3.09. The number of carbonyl (C=O) groups excluding carboxylic acids is 2. The highest BCUT2D eigenvalue weighted by Crippen LogP contribution is 2.42. The van der Waals surface area contributed by atoms with Crippen LogP contribution in [0.2, 0.25) is 0 Å². The van der Waals surface area contributed by atoms with Gasteiger partial charge >= 0.3 is 0 Å². The van der Waals surface area contributed by atoms with Crippen molar-refractivity contribution in [3.05, 3.63) is 95.6 Å². The first kappa shape index (κ1) is 22.1. The molecular weight excluding hydrogens is 414 g/mol. The zero-order valence-corrected chi connectivity index (χ0v) is 19.2. The van der Waals surface area contributed by atoms with Crippen molar-refractivity contribution in [1.82, 2.24) is 0 Å². The number of amides is 1. The summed E-state index contributed by atoms with van der Waals surface area (Å²) in [7, 11) is 7.77. The fraction of sp³-hybridized carbons (Fsp3) is 0.185. The number of nitrogens with zero attached hydrogens (tertiary/aromatic N) is 3. The molecule has 1 N–H and O–H groups in total. The van der Waals surface area contributed by atoms with Gasteiger partial charge in [0.05, 0.1) is 11.6 Å². The minimum absolute atomic E-state index is 0.0838. The number of aliphatic hydroxyl groups excluding tert-OH is 1. The topological polar surface area (TPSA) is 64.1 Å². The molecule has 0 aromatic heterocycles. The van der Waals surface area contributed by atoms with Gasteiger partial charge < -0.3 is 14.9 Å². The number of anilines is 3. The van der Waals surface area contributed by atoms with E-state index < -0.39 is 17.7 Å². The smallest absolute Gasteiger partial charge is 0.300 e. The van der Waals surface area contributed by atoms with Gasteiger partial charge in [0.2, 0.25) is 0 Å². The summed E-state index contributed by atoms with van der Waals surface area (Å²) in [6.07, 6.45) is 0. The van der Waals surface area contributed by atoms with Crippen LogP contribution in [0.3, 0.4) is 0 Å². The van der Waals surface area contributed by atoms with E-state index in [9.17, 15) is 14.7 Å². The molecule has 3 aromatic rings. The molecule has 0 saturated carbocycles. The molecule has 6 heteroatoms. The molecule has 1 unspecified atom stereocenters. The van der Waals surface area contributed by atoms with Crippen LogP contribution in [-0.4, -0.2) is 45.0 Å². The number of aliphatic hydroxyl groups is 1. The first-order valence-corrected chi connectivity index (χ1v) is 10.7. The van der Waals surface area contributed by atoms with Crippen molar-refractivity contribution < 1.29 is 14.7 Å². The summed E-state index contributed by atoms with van der Waals surface area (Å²) in [6, 6.07) is 23.2. The molecule has 33 heavy (non-hydrogen) atoms. The Hall–Kier alpha value is -4.06. The zero-order chi connectivity index (χ0) is 23.7. The van der Waals surface area contributed by atoms with Gasteiger partial charge in [-0.3, -0.25) is 14.5 Å². The molecular formula is C27H27N3O3. The standard InChI is InChI=1S/C27H27N3O3/c1-28(2)20-12-10-18(11-13-20)24-23(25(31)19-8-6-5-7-9-19)26(32)27(33)30(24)22-16-14-21(15-17-22)29(3)4/h5-17,24,31H,1-4H3/b25-23-. The molecule has 4 rings (SSSR count). The molecule has 1 aliphatic heterocycles. The SMILES string of the molecule is CN(C)c1ccc(C2/C(=C(/O)c3ccccc3)C(=O)C(=O)N2c2ccc(N(C)C)cc2)cc1. The van der Waals surface area contributed by atoms with Crippen molar-refractivity contribution in [2.75, 3.05) is 42.9 Å². The normalized spacial score (nSPS) is 17.3. The summed E-state index contributed by atoms with van der Waals surface area (Å²) in [5.74, 6) is -1.54. The highest BCUT2D eigenvalue weighted by molar-refractivity contribution is 6.51. The lowest BCUT2D eigenvalue weighted by atomic mass is 9.95. The molecule has 0 spiro atoms. The van der Waals surface area contributed by atoms with Gasteiger partial charge in [0.25, 0.3) is 11.7 Å². The Bertz CT molecular complexity index is 1200. The average molecular weight is 442 g/mol. The molecule has 1 saturated heterocycles. The third-order valence-corrected chi connectivity index (χ3v) is 5.86. The lowest BCUT2D eigenvalue weighted by molar-refractivity contribution is -0.132. The van der Waals surface area contributed by atoms with Gasteiger partial charge in [-0.25, -0.2) is 0 Å². The highest BCUT2D eigenvalue weighted by Gasteiger charge is 2.46. The fourth-order valence-electron chi connectivity index (χ4n) is 4.03. The summed E-state index contributed by atoms with van der Waals surface area (Å²) in [4.78, 5) is 31.9. The van der Waals surface area contributed by atoms with Crippen LogP contribution in [0.5, 0.6) is 0 Å². The highest BCUT2D eigenvalue weighted by atomic mass is 16.3. The summed E-state index contributed by atoms with van der Waals surface area (Å²) in [5, 5.41) is 11.1. The number of benzene rings is 3. The van der Waals surface area contributed by atoms with Crippen LogP contribution in [0.4, 0.5) is 17.1 Å². The molecule has 0 bridgehead atoms. The molecule has 1 aliphatic rings. The van der Waals surface area contributed by atoms with Crippen molar-refractivity contribution in [3.8, 4) is 0 Å². The second kappa shape index (κ2) is 8.82. The maximum absolute atomic E-state index is 13.2. The summed E-state index contributed by atoms with van der Waals surface area (Å²) in [5.41, 5.74) is 3.89. The van der Waals surface area contributed by atoms with Gasteiger partial charge in [-0.15, -0.1) is 0 Å². The van der Waals surface area contributed by atoms with E-state index in [4.69, 9.17) is 0 Å². The van der Waals surface area contributed by atoms with Crippen LogP contribution >= 0.6 is 0 Å². The second-order valence-electron chi connectivity index (χ2n) is 8.43. The lowest BCUT2D eigenvalue weighted by Crippen LogP contribution is -2.29. The van der Waals surface area contributed by atoms with Crippen LogP contribution in [-0.2, 0) is 9.59 Å². The summed E-state index contributed by atoms with van der Waals surface area (Å²) < 4.78 is 0. The second-order valence-corrected chi connectivity index (χ2v) is 8.43. The number of carbonyl (C=O) groups is 2. The predicted molar refractivity (Wildman–Crippen MR) is 133 cm³/mol. The minimum Gasteiger partial charge on any atom is -0.507 e. The van der Waals surface area contributed by atoms with Gasteiger partial charge in [-0.1, -0.05) is 42.5 Å². The van der Waals surface area contributed by atoms with Crippen molar-refractivity contribution in [1.29, 1.82) is 0 Å². The van der Waals surface area contributed by atoms with Crippen LogP contribution < -0.4 is 14.7 Å². The van der Waals surface area contributed by atoms with Crippen LogP contribution in [0, 0.1) is 0 Å². The first-order chi connectivity index (χ1) is 15.8. The molecule has 0 radical (unpaired) electrons. The molecule has 1 atom stereocenters. The van der Waals surface area contributed by atoms with Gasteiger partial charge in [0, 0.05) is 50.8 Å². The maximum Gasteiger partial charge on any atom is 0.300 e. The Labute approximate surface area is 194 Å². The number of hydrogen-bond acceptors (Lipinski definition) is 5. The van der Waals surface area contributed by atoms with E-state index in [2.05, 4.69) is 0 Å². The number of hydrogen-bond donors (Lipinski definition) is 1. The third kappa shape index (κ3) is 4.07. The minimum atomic E-state index is -0.744. The van der Waals surface area contributed by atoms with E-state index in [1.54, 1.807) is 24.3 Å². The Morgan fingerprint density at radius 2 is 1.27 bits per heavy atom. The van der Waals surface area contributed by atoms with Crippen LogP contribution in [0.25, 0.3) is 5.76 Å². The number of ketones is 1. The Morgan fingerprint density at radius 3 is 1.79 bits per heavy atom. The van der Waals surface area contributed by atoms with Crippen molar-refractivity contribution >= 4 is 34.5 Å². The first-order valence-electron chi connectivity index (χ1n) is 10.7. The van der Waals surface area contributed by atoms with E-state index in [0.717, 1.165) is 16.9 Å². The quantitative estimate of drug-likeness (QED) is 0.360. The number of Topliss-reactive ketones (excluding diaryl/α,β-unsaturated/α-hetero) is 1. The lowest BCUT2D eigenvalue weighted by Gasteiger charge is -2.26. The van der Waals surface area contributed by atoms with E-state index in [-0.39, 0.29) is 11.3 Å². The van der Waals surface area contributed by atoms with Crippen molar-refractivity contribution in [2.24, 2.45) is 0 Å². The predicted octanol–water partition coefficient (Wildman–Crippen LogP) is 4.44. The molecule has 1 heterocycles. The molecule has 6 nitrogen and oxygen atoms in total. The van der Waals surface area contributed by atoms with Crippen molar-refractivity contribution in [3.63, 3.8) is 0 Å². The Kier molecular flexibility index (Phi) is 5.92.